The van der Waals surface area contributed by atoms with Crippen LogP contribution < -0.4 is 5.73 Å². The molecular weight excluding hydrogens is 491 g/mol. The van der Waals surface area contributed by atoms with E-state index >= 15 is 0 Å². The molecule has 0 aliphatic heterocycles. The number of halogens is 4. The van der Waals surface area contributed by atoms with Gasteiger partial charge in [-0.3, -0.25) is 14.4 Å². The molecule has 2 N–H and O–H groups in total. The summed E-state index contributed by atoms with van der Waals surface area (Å²) in [6.07, 6.45) is -7.58. The molecule has 1 rings (SSSR count). The zero-order chi connectivity index (χ0) is 25.3. The predicted octanol–water partition coefficient (Wildman–Crippen LogP) is 3.57. The van der Waals surface area contributed by atoms with Crippen molar-refractivity contribution in [3.05, 3.63) is 28.8 Å². The van der Waals surface area contributed by atoms with Crippen molar-refractivity contribution in [3.63, 3.8) is 0 Å². The molecule has 0 aliphatic rings. The Labute approximate surface area is 198 Å². The average Bonchev–Trinajstić information content (AvgIpc) is 2.66. The van der Waals surface area contributed by atoms with Gasteiger partial charge in [-0.2, -0.15) is 13.2 Å². The van der Waals surface area contributed by atoms with Crippen LogP contribution >= 0.6 is 23.4 Å². The van der Waals surface area contributed by atoms with Gasteiger partial charge in [0.15, 0.2) is 0 Å². The third kappa shape index (κ3) is 10.2. The van der Waals surface area contributed by atoms with E-state index in [-0.39, 0.29) is 18.0 Å². The molecule has 0 radical (unpaired) electrons. The fraction of sp³-hybridized carbons (Fsp3) is 0.550. The summed E-state index contributed by atoms with van der Waals surface area (Å²) in [5.74, 6) is -1.91. The number of ether oxygens (including phenoxy) is 4. The fourth-order valence-corrected chi connectivity index (χ4v) is 4.02. The highest BCUT2D eigenvalue weighted by molar-refractivity contribution is 7.99. The highest BCUT2D eigenvalue weighted by Crippen LogP contribution is 2.38. The molecule has 0 heterocycles. The third-order valence-electron chi connectivity index (χ3n) is 3.99. The largest absolute Gasteiger partial charge is 0.463 e. The lowest BCUT2D eigenvalue weighted by Crippen LogP contribution is -2.44. The first-order valence-electron chi connectivity index (χ1n) is 9.61. The molecule has 0 bridgehead atoms. The number of esters is 3. The van der Waals surface area contributed by atoms with E-state index in [4.69, 9.17) is 36.3 Å². The van der Waals surface area contributed by atoms with Crippen molar-refractivity contribution in [1.82, 2.24) is 0 Å². The van der Waals surface area contributed by atoms with Crippen LogP contribution in [0.5, 0.6) is 0 Å². The Bertz CT molecular complexity index is 840. The lowest BCUT2D eigenvalue weighted by Gasteiger charge is -2.31. The molecule has 8 nitrogen and oxygen atoms in total. The van der Waals surface area contributed by atoms with Crippen LogP contribution in [0.1, 0.15) is 33.3 Å². The number of hydrogen-bond acceptors (Lipinski definition) is 9. The molecule has 13 heteroatoms. The highest BCUT2D eigenvalue weighted by atomic mass is 35.5. The maximum absolute atomic E-state index is 13.0. The molecule has 4 atom stereocenters. The first-order chi connectivity index (χ1) is 15.2. The quantitative estimate of drug-likeness (QED) is 0.204. The second kappa shape index (κ2) is 13.0. The van der Waals surface area contributed by atoms with Gasteiger partial charge in [-0.1, -0.05) is 23.4 Å². The van der Waals surface area contributed by atoms with Crippen molar-refractivity contribution >= 4 is 41.3 Å². The first kappa shape index (κ1) is 29.0. The molecule has 2 unspecified atom stereocenters. The fourth-order valence-electron chi connectivity index (χ4n) is 2.55. The standard InChI is InChI=1S/C20H25ClF3NO7S/c1-10(30-12(3)27)18(9-29-11(2)26)32-19(17(8-25)31-13(4)28)33-14-5-6-15(16(21)7-14)20(22,23)24/h5-7,10,17-19H,8-9,25H2,1-4H3/t10-,17+,18?,19?/m1/s1. The number of carbonyl (C=O) groups is 3. The summed E-state index contributed by atoms with van der Waals surface area (Å²) < 4.78 is 60.3. The van der Waals surface area contributed by atoms with Crippen molar-refractivity contribution < 1.29 is 46.5 Å². The van der Waals surface area contributed by atoms with Crippen LogP contribution in [0.3, 0.4) is 0 Å². The molecule has 0 fully saturated rings. The monoisotopic (exact) mass is 515 g/mol. The smallest absolute Gasteiger partial charge is 0.417 e. The lowest BCUT2D eigenvalue weighted by molar-refractivity contribution is -0.169. The summed E-state index contributed by atoms with van der Waals surface area (Å²) in [6.45, 7) is 4.48. The van der Waals surface area contributed by atoms with Crippen LogP contribution in [0, 0.1) is 0 Å². The summed E-state index contributed by atoms with van der Waals surface area (Å²) in [7, 11) is 0. The maximum atomic E-state index is 13.0. The molecule has 0 amide bonds. The summed E-state index contributed by atoms with van der Waals surface area (Å²) in [5.41, 5.74) is 3.63. The maximum Gasteiger partial charge on any atom is 0.417 e. The number of alkyl halides is 3. The van der Waals surface area contributed by atoms with Crippen molar-refractivity contribution in [3.8, 4) is 0 Å². The Hall–Kier alpha value is -2.02. The number of rotatable bonds is 11. The summed E-state index contributed by atoms with van der Waals surface area (Å²) in [4.78, 5) is 34.4. The van der Waals surface area contributed by atoms with Crippen molar-refractivity contribution in [2.24, 2.45) is 5.73 Å². The number of thioether (sulfide) groups is 1. The van der Waals surface area contributed by atoms with Gasteiger partial charge in [0, 0.05) is 32.2 Å². The van der Waals surface area contributed by atoms with Crippen LogP contribution in [0.15, 0.2) is 23.1 Å². The number of benzene rings is 1. The Morgan fingerprint density at radius 3 is 2.12 bits per heavy atom. The van der Waals surface area contributed by atoms with Gasteiger partial charge in [0.05, 0.1) is 10.6 Å². The Morgan fingerprint density at radius 1 is 1.06 bits per heavy atom. The van der Waals surface area contributed by atoms with E-state index in [1.165, 1.54) is 26.8 Å². The molecule has 186 valence electrons. The molecule has 33 heavy (non-hydrogen) atoms. The van der Waals surface area contributed by atoms with E-state index < -0.39 is 58.4 Å². The Balaban J connectivity index is 3.25. The summed E-state index contributed by atoms with van der Waals surface area (Å²) in [6, 6.07) is 3.07. The van der Waals surface area contributed by atoms with Crippen molar-refractivity contribution in [2.75, 3.05) is 13.2 Å². The molecule has 0 aliphatic carbocycles. The number of carbonyl (C=O) groups excluding carboxylic acids is 3. The normalized spacial score (nSPS) is 15.2. The van der Waals surface area contributed by atoms with E-state index in [2.05, 4.69) is 0 Å². The second-order valence-electron chi connectivity index (χ2n) is 6.80. The second-order valence-corrected chi connectivity index (χ2v) is 8.38. The molecule has 0 spiro atoms. The first-order valence-corrected chi connectivity index (χ1v) is 10.9. The summed E-state index contributed by atoms with van der Waals surface area (Å²) in [5, 5.41) is -0.534. The van der Waals surface area contributed by atoms with Gasteiger partial charge in [0.25, 0.3) is 0 Å². The average molecular weight is 516 g/mol. The Morgan fingerprint density at radius 2 is 1.67 bits per heavy atom. The topological polar surface area (TPSA) is 114 Å². The van der Waals surface area contributed by atoms with Crippen LogP contribution in [-0.4, -0.2) is 54.8 Å². The zero-order valence-electron chi connectivity index (χ0n) is 18.3. The molecule has 1 aromatic carbocycles. The van der Waals surface area contributed by atoms with Crippen LogP contribution in [0.25, 0.3) is 0 Å². The predicted molar refractivity (Wildman–Crippen MR) is 113 cm³/mol. The van der Waals surface area contributed by atoms with Gasteiger partial charge in [0.1, 0.15) is 30.4 Å². The molecule has 1 aromatic rings. The summed E-state index contributed by atoms with van der Waals surface area (Å²) >= 11 is 6.68. The minimum atomic E-state index is -4.64. The SMILES string of the molecule is CC(=O)OCC(OC(Sc1ccc(C(F)(F)F)c(Cl)c1)[C@H](CN)OC(C)=O)[C@@H](C)OC(C)=O. The zero-order valence-corrected chi connectivity index (χ0v) is 19.9. The molecule has 0 saturated heterocycles. The van der Waals surface area contributed by atoms with Gasteiger partial charge in [0.2, 0.25) is 0 Å². The van der Waals surface area contributed by atoms with Crippen LogP contribution in [0.2, 0.25) is 5.02 Å². The van der Waals surface area contributed by atoms with E-state index in [0.717, 1.165) is 30.8 Å². The van der Waals surface area contributed by atoms with Gasteiger partial charge < -0.3 is 24.7 Å². The Kier molecular flexibility index (Phi) is 11.4. The van der Waals surface area contributed by atoms with E-state index in [1.807, 2.05) is 0 Å². The number of nitrogens with two attached hydrogens (primary N) is 1. The minimum Gasteiger partial charge on any atom is -0.463 e. The third-order valence-corrected chi connectivity index (χ3v) is 5.47. The van der Waals surface area contributed by atoms with Gasteiger partial charge in [-0.05, 0) is 25.1 Å². The minimum absolute atomic E-state index is 0.201. The molecular formula is C20H25ClF3NO7S. The van der Waals surface area contributed by atoms with Crippen LogP contribution in [0.4, 0.5) is 13.2 Å². The lowest BCUT2D eigenvalue weighted by atomic mass is 10.2. The van der Waals surface area contributed by atoms with Gasteiger partial charge in [-0.25, -0.2) is 0 Å². The van der Waals surface area contributed by atoms with Crippen molar-refractivity contribution in [2.45, 2.75) is 62.5 Å². The van der Waals surface area contributed by atoms with E-state index in [9.17, 15) is 27.6 Å². The van der Waals surface area contributed by atoms with E-state index in [0.29, 0.717) is 0 Å². The van der Waals surface area contributed by atoms with Gasteiger partial charge >= 0.3 is 24.1 Å². The highest BCUT2D eigenvalue weighted by Gasteiger charge is 2.35. The van der Waals surface area contributed by atoms with Crippen molar-refractivity contribution in [1.29, 1.82) is 0 Å². The number of hydrogen-bond donors (Lipinski definition) is 1. The van der Waals surface area contributed by atoms with E-state index in [1.54, 1.807) is 0 Å². The molecule has 0 saturated carbocycles. The van der Waals surface area contributed by atoms with Gasteiger partial charge in [-0.15, -0.1) is 0 Å². The molecule has 0 aromatic heterocycles. The van der Waals surface area contributed by atoms with Crippen LogP contribution in [-0.2, 0) is 39.5 Å².